The Balaban J connectivity index is 1.80. The van der Waals surface area contributed by atoms with Crippen LogP contribution in [0.2, 0.25) is 0 Å². The maximum Gasteiger partial charge on any atom is 0.162 e. The first-order valence-corrected chi connectivity index (χ1v) is 6.24. The summed E-state index contributed by atoms with van der Waals surface area (Å²) in [4.78, 5) is 12.2. The highest BCUT2D eigenvalue weighted by molar-refractivity contribution is 6.00. The van der Waals surface area contributed by atoms with Crippen molar-refractivity contribution in [3.8, 4) is 0 Å². The molecule has 2 bridgehead atoms. The molecule has 3 aliphatic rings. The summed E-state index contributed by atoms with van der Waals surface area (Å²) in [5, 5.41) is 0. The fourth-order valence-corrected chi connectivity index (χ4v) is 3.56. The van der Waals surface area contributed by atoms with Crippen LogP contribution in [-0.4, -0.2) is 5.78 Å². The van der Waals surface area contributed by atoms with Crippen LogP contribution in [0.1, 0.15) is 32.6 Å². The van der Waals surface area contributed by atoms with Crippen molar-refractivity contribution in [3.05, 3.63) is 23.8 Å². The molecule has 3 rings (SSSR count). The Kier molecular flexibility index (Phi) is 2.08. The molecule has 1 heteroatoms. The second-order valence-electron chi connectivity index (χ2n) is 5.21. The zero-order valence-corrected chi connectivity index (χ0v) is 9.28. The summed E-state index contributed by atoms with van der Waals surface area (Å²) >= 11 is 0. The molecule has 0 unspecified atom stereocenters. The number of hydrogen-bond acceptors (Lipinski definition) is 1. The number of carbonyl (C=O) groups excluding carboxylic acids is 1. The maximum absolute atomic E-state index is 12.2. The van der Waals surface area contributed by atoms with E-state index in [1.165, 1.54) is 19.3 Å². The largest absolute Gasteiger partial charge is 0.294 e. The summed E-state index contributed by atoms with van der Waals surface area (Å²) in [6.07, 6.45) is 11.5. The smallest absolute Gasteiger partial charge is 0.162 e. The lowest BCUT2D eigenvalue weighted by atomic mass is 9.85. The molecule has 1 nitrogen and oxygen atoms in total. The van der Waals surface area contributed by atoms with Gasteiger partial charge in [-0.1, -0.05) is 31.6 Å². The Hall–Kier alpha value is -0.850. The fourth-order valence-electron chi connectivity index (χ4n) is 3.56. The van der Waals surface area contributed by atoms with Gasteiger partial charge in [0.2, 0.25) is 0 Å². The predicted molar refractivity (Wildman–Crippen MR) is 60.3 cm³/mol. The predicted octanol–water partition coefficient (Wildman–Crippen LogP) is 3.12. The van der Waals surface area contributed by atoms with Gasteiger partial charge in [0.25, 0.3) is 0 Å². The fraction of sp³-hybridized carbons (Fsp3) is 0.643. The van der Waals surface area contributed by atoms with Crippen molar-refractivity contribution in [3.63, 3.8) is 0 Å². The summed E-state index contributed by atoms with van der Waals surface area (Å²) in [5.41, 5.74) is 1.14. The SMILES string of the molecule is CCCCC1=C[C@H]2[C@@H](C1=O)[C@@H]1C=C[C@H]2C1. The first-order valence-electron chi connectivity index (χ1n) is 6.24. The quantitative estimate of drug-likeness (QED) is 0.643. The van der Waals surface area contributed by atoms with Crippen molar-refractivity contribution in [2.45, 2.75) is 32.6 Å². The van der Waals surface area contributed by atoms with E-state index in [0.717, 1.165) is 12.0 Å². The van der Waals surface area contributed by atoms with Crippen LogP contribution in [0.4, 0.5) is 0 Å². The molecular weight excluding hydrogens is 184 g/mol. The summed E-state index contributed by atoms with van der Waals surface area (Å²) in [6.45, 7) is 2.19. The van der Waals surface area contributed by atoms with E-state index in [1.54, 1.807) is 0 Å². The number of rotatable bonds is 3. The molecule has 0 radical (unpaired) electrons. The van der Waals surface area contributed by atoms with Crippen molar-refractivity contribution in [2.75, 3.05) is 0 Å². The average molecular weight is 202 g/mol. The minimum Gasteiger partial charge on any atom is -0.294 e. The number of fused-ring (bicyclic) bond motifs is 5. The van der Waals surface area contributed by atoms with Gasteiger partial charge in [-0.3, -0.25) is 4.79 Å². The Labute approximate surface area is 91.2 Å². The highest BCUT2D eigenvalue weighted by Gasteiger charge is 2.50. The highest BCUT2D eigenvalue weighted by atomic mass is 16.1. The van der Waals surface area contributed by atoms with E-state index in [1.807, 2.05) is 0 Å². The van der Waals surface area contributed by atoms with Gasteiger partial charge in [-0.25, -0.2) is 0 Å². The summed E-state index contributed by atoms with van der Waals surface area (Å²) in [5.74, 6) is 2.64. The van der Waals surface area contributed by atoms with Crippen LogP contribution in [0, 0.1) is 23.7 Å². The van der Waals surface area contributed by atoms with Gasteiger partial charge >= 0.3 is 0 Å². The van der Waals surface area contributed by atoms with Crippen LogP contribution in [0.3, 0.4) is 0 Å². The maximum atomic E-state index is 12.2. The summed E-state index contributed by atoms with van der Waals surface area (Å²) in [6, 6.07) is 0. The van der Waals surface area contributed by atoms with Crippen molar-refractivity contribution in [1.29, 1.82) is 0 Å². The molecule has 0 aromatic carbocycles. The highest BCUT2D eigenvalue weighted by Crippen LogP contribution is 2.53. The van der Waals surface area contributed by atoms with E-state index >= 15 is 0 Å². The molecule has 0 amide bonds. The lowest BCUT2D eigenvalue weighted by Gasteiger charge is -2.17. The molecule has 3 aliphatic carbocycles. The topological polar surface area (TPSA) is 17.1 Å². The molecule has 0 N–H and O–H groups in total. The summed E-state index contributed by atoms with van der Waals surface area (Å²) < 4.78 is 0. The Morgan fingerprint density at radius 2 is 2.13 bits per heavy atom. The molecule has 0 heterocycles. The molecule has 0 aliphatic heterocycles. The van der Waals surface area contributed by atoms with Crippen LogP contribution in [0.15, 0.2) is 23.8 Å². The number of unbranched alkanes of at least 4 members (excludes halogenated alkanes) is 1. The van der Waals surface area contributed by atoms with Crippen molar-refractivity contribution < 1.29 is 4.79 Å². The molecule has 4 atom stereocenters. The lowest BCUT2D eigenvalue weighted by Crippen LogP contribution is -2.21. The third kappa shape index (κ3) is 1.25. The van der Waals surface area contributed by atoms with Crippen LogP contribution in [-0.2, 0) is 4.79 Å². The second-order valence-corrected chi connectivity index (χ2v) is 5.21. The van der Waals surface area contributed by atoms with E-state index in [4.69, 9.17) is 0 Å². The summed E-state index contributed by atoms with van der Waals surface area (Å²) in [7, 11) is 0. The Morgan fingerprint density at radius 3 is 2.87 bits per heavy atom. The van der Waals surface area contributed by atoms with Crippen molar-refractivity contribution >= 4 is 5.78 Å². The Bertz CT molecular complexity index is 350. The third-order valence-corrected chi connectivity index (χ3v) is 4.33. The molecule has 80 valence electrons. The molecule has 0 spiro atoms. The zero-order valence-electron chi connectivity index (χ0n) is 9.28. The first kappa shape index (κ1) is 9.38. The van der Waals surface area contributed by atoms with Gasteiger partial charge in [-0.05, 0) is 42.6 Å². The van der Waals surface area contributed by atoms with Gasteiger partial charge in [0.1, 0.15) is 0 Å². The number of ketones is 1. The van der Waals surface area contributed by atoms with Crippen LogP contribution in [0.5, 0.6) is 0 Å². The van der Waals surface area contributed by atoms with Gasteiger partial charge in [-0.15, -0.1) is 0 Å². The van der Waals surface area contributed by atoms with Crippen LogP contribution in [0.25, 0.3) is 0 Å². The average Bonchev–Trinajstić information content (AvgIpc) is 2.88. The number of hydrogen-bond donors (Lipinski definition) is 0. The molecule has 1 saturated carbocycles. The van der Waals surface area contributed by atoms with Crippen molar-refractivity contribution in [2.24, 2.45) is 23.7 Å². The number of Topliss-reactive ketones (excluding diaryl/α,β-unsaturated/α-hetero) is 1. The molecule has 0 aromatic heterocycles. The van der Waals surface area contributed by atoms with Gasteiger partial charge in [0, 0.05) is 5.92 Å². The third-order valence-electron chi connectivity index (χ3n) is 4.33. The molecule has 1 fully saturated rings. The van der Waals surface area contributed by atoms with Gasteiger partial charge in [0.05, 0.1) is 0 Å². The van der Waals surface area contributed by atoms with Crippen LogP contribution < -0.4 is 0 Å². The molecule has 15 heavy (non-hydrogen) atoms. The van der Waals surface area contributed by atoms with E-state index in [0.29, 0.717) is 29.5 Å². The number of carbonyl (C=O) groups is 1. The van der Waals surface area contributed by atoms with Gasteiger partial charge in [0.15, 0.2) is 5.78 Å². The van der Waals surface area contributed by atoms with E-state index in [2.05, 4.69) is 25.2 Å². The zero-order chi connectivity index (χ0) is 10.4. The minimum atomic E-state index is 0.340. The van der Waals surface area contributed by atoms with Crippen LogP contribution >= 0.6 is 0 Å². The first-order chi connectivity index (χ1) is 7.31. The lowest BCUT2D eigenvalue weighted by molar-refractivity contribution is -0.119. The minimum absolute atomic E-state index is 0.340. The Morgan fingerprint density at radius 1 is 1.33 bits per heavy atom. The van der Waals surface area contributed by atoms with E-state index in [-0.39, 0.29) is 0 Å². The standard InChI is InChI=1S/C14H18O/c1-2-3-4-11-8-12-9-5-6-10(7-9)13(12)14(11)15/h5-6,8-10,12-13H,2-4,7H2,1H3/t9-,10+,12+,13-/m0/s1. The monoisotopic (exact) mass is 202 g/mol. The second kappa shape index (κ2) is 3.33. The van der Waals surface area contributed by atoms with Gasteiger partial charge < -0.3 is 0 Å². The van der Waals surface area contributed by atoms with Crippen molar-refractivity contribution in [1.82, 2.24) is 0 Å². The molecule has 0 aromatic rings. The molecular formula is C14H18O. The molecule has 0 saturated heterocycles. The number of allylic oxidation sites excluding steroid dienone is 4. The van der Waals surface area contributed by atoms with Gasteiger partial charge in [-0.2, -0.15) is 0 Å². The van der Waals surface area contributed by atoms with E-state index < -0.39 is 0 Å². The normalized spacial score (nSPS) is 41.1. The van der Waals surface area contributed by atoms with E-state index in [9.17, 15) is 4.79 Å².